The molecular weight excluding hydrogens is 256 g/mol. The molecule has 0 saturated heterocycles. The Hall–Kier alpha value is -0.590. The predicted molar refractivity (Wildman–Crippen MR) is 85.9 cm³/mol. The Balaban J connectivity index is 1.70. The molecule has 3 fully saturated rings. The van der Waals surface area contributed by atoms with E-state index in [0.717, 1.165) is 24.2 Å². The Morgan fingerprint density at radius 2 is 2.00 bits per heavy atom. The highest BCUT2D eigenvalue weighted by Crippen LogP contribution is 2.65. The van der Waals surface area contributed by atoms with Crippen LogP contribution in [-0.4, -0.2) is 5.78 Å². The second-order valence-corrected chi connectivity index (χ2v) is 8.57. The Bertz CT molecular complexity index is 478. The van der Waals surface area contributed by atoms with Gasteiger partial charge in [0.15, 0.2) is 0 Å². The van der Waals surface area contributed by atoms with Crippen molar-refractivity contribution in [3.05, 3.63) is 12.2 Å². The summed E-state index contributed by atoms with van der Waals surface area (Å²) < 4.78 is 0. The summed E-state index contributed by atoms with van der Waals surface area (Å²) in [4.78, 5) is 12.4. The second kappa shape index (κ2) is 4.70. The molecule has 3 saturated carbocycles. The second-order valence-electron chi connectivity index (χ2n) is 8.57. The van der Waals surface area contributed by atoms with Crippen LogP contribution in [-0.2, 0) is 4.79 Å². The summed E-state index contributed by atoms with van der Waals surface area (Å²) in [6.45, 7) is 4.73. The van der Waals surface area contributed by atoms with Gasteiger partial charge < -0.3 is 0 Å². The summed E-state index contributed by atoms with van der Waals surface area (Å²) >= 11 is 0. The Labute approximate surface area is 129 Å². The molecule has 4 aliphatic rings. The van der Waals surface area contributed by atoms with E-state index in [1.807, 2.05) is 0 Å². The number of allylic oxidation sites excluding steroid dienone is 2. The topological polar surface area (TPSA) is 17.1 Å². The molecule has 4 rings (SSSR count). The first-order valence-corrected chi connectivity index (χ1v) is 9.30. The molecule has 1 heteroatoms. The molecule has 4 aliphatic carbocycles. The van der Waals surface area contributed by atoms with Crippen LogP contribution in [0.15, 0.2) is 12.2 Å². The summed E-state index contributed by atoms with van der Waals surface area (Å²) in [6.07, 6.45) is 16.3. The third kappa shape index (κ3) is 1.72. The molecule has 0 aliphatic heterocycles. The van der Waals surface area contributed by atoms with Crippen LogP contribution < -0.4 is 0 Å². The summed E-state index contributed by atoms with van der Waals surface area (Å²) in [5.41, 5.74) is 0.623. The van der Waals surface area contributed by atoms with E-state index in [2.05, 4.69) is 26.0 Å². The minimum atomic E-state index is 0.0490. The number of carbonyl (C=O) groups excluding carboxylic acids is 1. The van der Waals surface area contributed by atoms with Crippen molar-refractivity contribution >= 4 is 5.78 Å². The zero-order chi connectivity index (χ0) is 14.7. The van der Waals surface area contributed by atoms with Gasteiger partial charge in [-0.05, 0) is 80.5 Å². The van der Waals surface area contributed by atoms with Gasteiger partial charge in [-0.25, -0.2) is 0 Å². The first-order valence-electron chi connectivity index (χ1n) is 9.30. The highest BCUT2D eigenvalue weighted by Gasteiger charge is 2.60. The van der Waals surface area contributed by atoms with E-state index >= 15 is 0 Å². The minimum absolute atomic E-state index is 0.0490. The van der Waals surface area contributed by atoms with E-state index in [-0.39, 0.29) is 5.41 Å². The monoisotopic (exact) mass is 286 g/mol. The lowest BCUT2D eigenvalue weighted by atomic mass is 9.45. The maximum absolute atomic E-state index is 12.4. The molecule has 0 spiro atoms. The molecule has 0 aromatic heterocycles. The highest BCUT2D eigenvalue weighted by molar-refractivity contribution is 5.87. The third-order valence-corrected chi connectivity index (χ3v) is 8.29. The summed E-state index contributed by atoms with van der Waals surface area (Å²) in [7, 11) is 0. The van der Waals surface area contributed by atoms with E-state index in [4.69, 9.17) is 0 Å². The summed E-state index contributed by atoms with van der Waals surface area (Å²) in [6, 6.07) is 0. The molecule has 6 atom stereocenters. The zero-order valence-electron chi connectivity index (χ0n) is 13.7. The fourth-order valence-electron chi connectivity index (χ4n) is 7.09. The average molecular weight is 286 g/mol. The van der Waals surface area contributed by atoms with Crippen molar-refractivity contribution in [3.8, 4) is 0 Å². The van der Waals surface area contributed by atoms with Gasteiger partial charge in [-0.1, -0.05) is 26.0 Å². The maximum atomic E-state index is 12.4. The van der Waals surface area contributed by atoms with Crippen LogP contribution in [0.25, 0.3) is 0 Å². The first-order chi connectivity index (χ1) is 10.1. The lowest BCUT2D eigenvalue weighted by Crippen LogP contribution is -2.53. The van der Waals surface area contributed by atoms with Crippen molar-refractivity contribution in [3.63, 3.8) is 0 Å². The summed E-state index contributed by atoms with van der Waals surface area (Å²) in [5, 5.41) is 0. The van der Waals surface area contributed by atoms with Crippen LogP contribution in [0.4, 0.5) is 0 Å². The smallest absolute Gasteiger partial charge is 0.139 e. The Kier molecular flexibility index (Phi) is 3.14. The van der Waals surface area contributed by atoms with E-state index in [1.165, 1.54) is 51.4 Å². The average Bonchev–Trinajstić information content (AvgIpc) is 2.82. The van der Waals surface area contributed by atoms with E-state index in [9.17, 15) is 4.79 Å². The van der Waals surface area contributed by atoms with Crippen molar-refractivity contribution in [1.82, 2.24) is 0 Å². The van der Waals surface area contributed by atoms with Gasteiger partial charge in [0, 0.05) is 11.8 Å². The Morgan fingerprint density at radius 1 is 1.14 bits per heavy atom. The number of carbonyl (C=O) groups is 1. The van der Waals surface area contributed by atoms with Gasteiger partial charge in [0.2, 0.25) is 0 Å². The van der Waals surface area contributed by atoms with E-state index < -0.39 is 0 Å². The molecule has 21 heavy (non-hydrogen) atoms. The number of hydrogen-bond donors (Lipinski definition) is 0. The van der Waals surface area contributed by atoms with E-state index in [1.54, 1.807) is 0 Å². The van der Waals surface area contributed by atoms with Gasteiger partial charge in [-0.15, -0.1) is 0 Å². The first kappa shape index (κ1) is 14.0. The summed E-state index contributed by atoms with van der Waals surface area (Å²) in [5.74, 6) is 3.96. The standard InChI is InChI=1S/C20H30O/c1-3-20-12-5-4-6-14(20)7-8-15-16-9-10-18(21)19(16,2)13-11-17(15)20/h4-5,14-17H,3,6-13H2,1-2H3/t14-,15+,16+,17+,19+,20+/m1/s1. The van der Waals surface area contributed by atoms with Crippen LogP contribution >= 0.6 is 0 Å². The lowest BCUT2D eigenvalue weighted by Gasteiger charge is -2.59. The SMILES string of the molecule is CC[C@]12CC=CC[C@@H]1CC[C@@H]1[C@@H]2CC[C@]2(C)C(=O)CC[C@@H]12. The van der Waals surface area contributed by atoms with Crippen LogP contribution in [0.2, 0.25) is 0 Å². The van der Waals surface area contributed by atoms with Crippen LogP contribution in [0.3, 0.4) is 0 Å². The van der Waals surface area contributed by atoms with Gasteiger partial charge >= 0.3 is 0 Å². The number of ketones is 1. The molecule has 0 amide bonds. The van der Waals surface area contributed by atoms with Gasteiger partial charge in [0.25, 0.3) is 0 Å². The van der Waals surface area contributed by atoms with Crippen LogP contribution in [0, 0.1) is 34.5 Å². The molecule has 0 unspecified atom stereocenters. The van der Waals surface area contributed by atoms with Crippen molar-refractivity contribution in [2.24, 2.45) is 34.5 Å². The van der Waals surface area contributed by atoms with Crippen molar-refractivity contribution < 1.29 is 4.79 Å². The largest absolute Gasteiger partial charge is 0.299 e. The molecule has 0 radical (unpaired) electrons. The highest BCUT2D eigenvalue weighted by atomic mass is 16.1. The lowest BCUT2D eigenvalue weighted by molar-refractivity contribution is -0.137. The third-order valence-electron chi connectivity index (χ3n) is 8.29. The zero-order valence-corrected chi connectivity index (χ0v) is 13.7. The molecular formula is C20H30O. The van der Waals surface area contributed by atoms with Gasteiger partial charge in [0.05, 0.1) is 0 Å². The minimum Gasteiger partial charge on any atom is -0.299 e. The van der Waals surface area contributed by atoms with Gasteiger partial charge in [-0.3, -0.25) is 4.79 Å². The number of rotatable bonds is 1. The quantitative estimate of drug-likeness (QED) is 0.609. The predicted octanol–water partition coefficient (Wildman–Crippen LogP) is 5.15. The van der Waals surface area contributed by atoms with Crippen molar-refractivity contribution in [1.29, 1.82) is 0 Å². The van der Waals surface area contributed by atoms with Gasteiger partial charge in [-0.2, -0.15) is 0 Å². The molecule has 116 valence electrons. The normalized spacial score (nSPS) is 52.2. The fraction of sp³-hybridized carbons (Fsp3) is 0.850. The molecule has 0 aromatic rings. The molecule has 0 N–H and O–H groups in total. The molecule has 0 heterocycles. The number of fused-ring (bicyclic) bond motifs is 5. The van der Waals surface area contributed by atoms with Crippen LogP contribution in [0.5, 0.6) is 0 Å². The Morgan fingerprint density at radius 3 is 2.81 bits per heavy atom. The van der Waals surface area contributed by atoms with Gasteiger partial charge in [0.1, 0.15) is 5.78 Å². The maximum Gasteiger partial charge on any atom is 0.139 e. The van der Waals surface area contributed by atoms with Crippen LogP contribution in [0.1, 0.15) is 71.6 Å². The van der Waals surface area contributed by atoms with Crippen molar-refractivity contribution in [2.45, 2.75) is 71.6 Å². The fourth-order valence-corrected chi connectivity index (χ4v) is 7.09. The number of Topliss-reactive ketones (excluding diaryl/α,β-unsaturated/α-hetero) is 1. The molecule has 0 bridgehead atoms. The molecule has 0 aromatic carbocycles. The number of hydrogen-bond acceptors (Lipinski definition) is 1. The van der Waals surface area contributed by atoms with E-state index in [0.29, 0.717) is 17.1 Å². The molecule has 1 nitrogen and oxygen atoms in total. The van der Waals surface area contributed by atoms with Crippen molar-refractivity contribution in [2.75, 3.05) is 0 Å².